The summed E-state index contributed by atoms with van der Waals surface area (Å²) in [5.74, 6) is 1.43. The highest BCUT2D eigenvalue weighted by molar-refractivity contribution is 5.54. The Balaban J connectivity index is 0.000000175. The lowest BCUT2D eigenvalue weighted by atomic mass is 9.81. The van der Waals surface area contributed by atoms with Crippen LogP contribution in [0.2, 0.25) is 0 Å². The molecule has 0 amide bonds. The van der Waals surface area contributed by atoms with Crippen molar-refractivity contribution in [2.75, 3.05) is 33.0 Å². The van der Waals surface area contributed by atoms with Gasteiger partial charge in [0.05, 0.1) is 26.4 Å². The Morgan fingerprint density at radius 3 is 1.83 bits per heavy atom. The quantitative estimate of drug-likeness (QED) is 0.287. The number of phenols is 1. The number of ether oxygens (including phenoxy) is 5. The summed E-state index contributed by atoms with van der Waals surface area (Å²) in [5.41, 5.74) is 5.19. The van der Waals surface area contributed by atoms with Crippen LogP contribution in [0.15, 0.2) is 84.4 Å². The largest absolute Gasteiger partial charge is 0.508 e. The fraction of sp³-hybridized carbons (Fsp3) is 0.487. The molecule has 2 saturated carbocycles. The molecule has 0 bridgehead atoms. The van der Waals surface area contributed by atoms with Crippen molar-refractivity contribution in [1.82, 2.24) is 0 Å². The zero-order chi connectivity index (χ0) is 32.1. The van der Waals surface area contributed by atoms with Crippen LogP contribution in [0.3, 0.4) is 0 Å². The van der Waals surface area contributed by atoms with E-state index in [2.05, 4.69) is 30.3 Å². The summed E-state index contributed by atoms with van der Waals surface area (Å²) in [6.07, 6.45) is 11.8. The number of allylic oxidation sites excluding steroid dienone is 1. The minimum atomic E-state index is -0.285. The first-order chi connectivity index (χ1) is 22.5. The topological polar surface area (TPSA) is 86.6 Å². The molecule has 7 heteroatoms. The average molecular weight is 631 g/mol. The third-order valence-corrected chi connectivity index (χ3v) is 9.11. The molecule has 0 radical (unpaired) electrons. The van der Waals surface area contributed by atoms with Gasteiger partial charge in [-0.15, -0.1) is 0 Å². The fourth-order valence-electron chi connectivity index (χ4n) is 6.59. The smallest absolute Gasteiger partial charge is 0.169 e. The lowest BCUT2D eigenvalue weighted by Gasteiger charge is -2.35. The Kier molecular flexibility index (Phi) is 12.7. The van der Waals surface area contributed by atoms with E-state index < -0.39 is 0 Å². The van der Waals surface area contributed by atoms with Crippen molar-refractivity contribution < 1.29 is 33.9 Å². The first-order valence-electron chi connectivity index (χ1n) is 16.9. The van der Waals surface area contributed by atoms with Crippen molar-refractivity contribution in [3.63, 3.8) is 0 Å². The van der Waals surface area contributed by atoms with Gasteiger partial charge in [-0.1, -0.05) is 66.2 Å². The molecular weight excluding hydrogens is 580 g/mol. The van der Waals surface area contributed by atoms with Crippen molar-refractivity contribution in [3.05, 3.63) is 101 Å². The highest BCUT2D eigenvalue weighted by Gasteiger charge is 2.40. The van der Waals surface area contributed by atoms with Gasteiger partial charge in [-0.2, -0.15) is 0 Å². The van der Waals surface area contributed by atoms with Gasteiger partial charge in [0.1, 0.15) is 18.1 Å². The number of hydrogen-bond donors (Lipinski definition) is 2. The normalized spacial score (nSPS) is 21.2. The van der Waals surface area contributed by atoms with Gasteiger partial charge in [-0.3, -0.25) is 0 Å². The van der Waals surface area contributed by atoms with Crippen molar-refractivity contribution >= 4 is 6.08 Å². The van der Waals surface area contributed by atoms with E-state index >= 15 is 0 Å². The molecule has 7 nitrogen and oxygen atoms in total. The van der Waals surface area contributed by atoms with Crippen LogP contribution in [-0.2, 0) is 32.0 Å². The van der Waals surface area contributed by atoms with Crippen LogP contribution in [0.4, 0.5) is 0 Å². The predicted octanol–water partition coefficient (Wildman–Crippen LogP) is 7.83. The Hall–Kier alpha value is -3.20. The summed E-state index contributed by atoms with van der Waals surface area (Å²) < 4.78 is 28.9. The number of phenolic OH excluding ortho intramolecular Hbond substituents is 1. The van der Waals surface area contributed by atoms with Gasteiger partial charge in [0, 0.05) is 32.3 Å². The van der Waals surface area contributed by atoms with E-state index in [0.717, 1.165) is 77.1 Å². The molecule has 2 aliphatic heterocycles. The van der Waals surface area contributed by atoms with Crippen LogP contribution in [0.1, 0.15) is 75.0 Å². The van der Waals surface area contributed by atoms with E-state index in [0.29, 0.717) is 18.3 Å². The Labute approximate surface area is 274 Å². The number of aliphatic hydroxyl groups is 1. The van der Waals surface area contributed by atoms with E-state index in [9.17, 15) is 5.11 Å². The average Bonchev–Trinajstić information content (AvgIpc) is 3.75. The summed E-state index contributed by atoms with van der Waals surface area (Å²) in [4.78, 5) is 0. The Morgan fingerprint density at radius 1 is 0.717 bits per heavy atom. The molecule has 3 aromatic rings. The van der Waals surface area contributed by atoms with Crippen molar-refractivity contribution in [1.29, 1.82) is 0 Å². The molecule has 0 atom stereocenters. The van der Waals surface area contributed by atoms with E-state index in [1.807, 2.05) is 42.5 Å². The SMILES string of the molecule is C(=C1CCC2(CC1)OCCO2)c1ccc(OCc2ccccc2)cc1.CCO.Oc1ccc(CC2CCC3(CC2)OCCO3)cc1. The number of aliphatic hydroxyl groups excluding tert-OH is 1. The summed E-state index contributed by atoms with van der Waals surface area (Å²) in [6, 6.07) is 26.1. The lowest BCUT2D eigenvalue weighted by molar-refractivity contribution is -0.182. The number of rotatable bonds is 6. The maximum Gasteiger partial charge on any atom is 0.169 e. The summed E-state index contributed by atoms with van der Waals surface area (Å²) in [7, 11) is 0. The van der Waals surface area contributed by atoms with Crippen molar-refractivity contribution in [2.24, 2.45) is 5.92 Å². The molecule has 2 spiro atoms. The van der Waals surface area contributed by atoms with Crippen molar-refractivity contribution in [3.8, 4) is 11.5 Å². The van der Waals surface area contributed by atoms with Gasteiger partial charge in [0.25, 0.3) is 0 Å². The van der Waals surface area contributed by atoms with E-state index in [1.54, 1.807) is 19.1 Å². The number of hydrogen-bond acceptors (Lipinski definition) is 7. The summed E-state index contributed by atoms with van der Waals surface area (Å²) >= 11 is 0. The van der Waals surface area contributed by atoms with Crippen LogP contribution in [0.5, 0.6) is 11.5 Å². The van der Waals surface area contributed by atoms with E-state index in [4.69, 9.17) is 28.8 Å². The second kappa shape index (κ2) is 17.1. The fourth-order valence-corrected chi connectivity index (χ4v) is 6.59. The molecule has 46 heavy (non-hydrogen) atoms. The van der Waals surface area contributed by atoms with Crippen LogP contribution < -0.4 is 4.74 Å². The molecular formula is C39H50O7. The standard InChI is InChI=1S/C22H24O3.C15H20O3.C2H6O/c1-2-4-20(5-3-1)17-23-21-8-6-18(7-9-21)16-19-10-12-22(13-11-19)24-14-15-25-22;16-14-3-1-12(2-4-14)11-13-5-7-15(8-6-13)17-9-10-18-15;1-2-3/h1-9,16H,10-15,17H2;1-4,13,16H,5-11H2;3H,2H2,1H3. The maximum atomic E-state index is 9.27. The zero-order valence-electron chi connectivity index (χ0n) is 27.2. The molecule has 2 N–H and O–H groups in total. The van der Waals surface area contributed by atoms with Crippen LogP contribution in [0, 0.1) is 5.92 Å². The van der Waals surface area contributed by atoms with Gasteiger partial charge >= 0.3 is 0 Å². The molecule has 7 rings (SSSR count). The van der Waals surface area contributed by atoms with Gasteiger partial charge in [-0.05, 0) is 85.9 Å². The first kappa shape index (κ1) is 34.1. The second-order valence-corrected chi connectivity index (χ2v) is 12.5. The molecule has 0 aromatic heterocycles. The Morgan fingerprint density at radius 2 is 1.26 bits per heavy atom. The summed E-state index contributed by atoms with van der Waals surface area (Å²) in [5, 5.41) is 16.8. The third-order valence-electron chi connectivity index (χ3n) is 9.11. The van der Waals surface area contributed by atoms with Crippen LogP contribution in [-0.4, -0.2) is 54.8 Å². The first-order valence-corrected chi connectivity index (χ1v) is 16.9. The number of aromatic hydroxyl groups is 1. The highest BCUT2D eigenvalue weighted by Crippen LogP contribution is 2.40. The maximum absolute atomic E-state index is 9.27. The monoisotopic (exact) mass is 630 g/mol. The highest BCUT2D eigenvalue weighted by atomic mass is 16.7. The minimum Gasteiger partial charge on any atom is -0.508 e. The predicted molar refractivity (Wildman–Crippen MR) is 179 cm³/mol. The molecule has 3 aromatic carbocycles. The second-order valence-electron chi connectivity index (χ2n) is 12.5. The molecule has 2 saturated heterocycles. The molecule has 4 aliphatic rings. The lowest BCUT2D eigenvalue weighted by Crippen LogP contribution is -2.35. The zero-order valence-corrected chi connectivity index (χ0v) is 27.2. The molecule has 4 fully saturated rings. The molecule has 2 heterocycles. The van der Waals surface area contributed by atoms with E-state index in [1.165, 1.54) is 35.1 Å². The van der Waals surface area contributed by atoms with Crippen LogP contribution in [0.25, 0.3) is 6.08 Å². The molecule has 0 unspecified atom stereocenters. The van der Waals surface area contributed by atoms with Gasteiger partial charge < -0.3 is 33.9 Å². The van der Waals surface area contributed by atoms with Gasteiger partial charge in [0.15, 0.2) is 11.6 Å². The third kappa shape index (κ3) is 10.1. The van der Waals surface area contributed by atoms with Crippen molar-refractivity contribution in [2.45, 2.75) is 82.9 Å². The Bertz CT molecular complexity index is 1300. The number of benzene rings is 3. The van der Waals surface area contributed by atoms with Gasteiger partial charge in [-0.25, -0.2) is 0 Å². The van der Waals surface area contributed by atoms with E-state index in [-0.39, 0.29) is 18.2 Å². The minimum absolute atomic E-state index is 0.245. The van der Waals surface area contributed by atoms with Crippen LogP contribution >= 0.6 is 0 Å². The molecule has 248 valence electrons. The molecule has 2 aliphatic carbocycles. The summed E-state index contributed by atoms with van der Waals surface area (Å²) in [6.45, 7) is 5.52. The van der Waals surface area contributed by atoms with Gasteiger partial charge in [0.2, 0.25) is 0 Å².